The molecule has 1 aromatic heterocycles. The molecule has 0 aliphatic heterocycles. The molecule has 0 spiro atoms. The Morgan fingerprint density at radius 2 is 1.96 bits per heavy atom. The molecule has 0 fully saturated rings. The summed E-state index contributed by atoms with van der Waals surface area (Å²) in [4.78, 5) is 39.5. The molecule has 0 radical (unpaired) electrons. The summed E-state index contributed by atoms with van der Waals surface area (Å²) in [6.45, 7) is 4.91. The highest BCUT2D eigenvalue weighted by Gasteiger charge is 2.29. The summed E-state index contributed by atoms with van der Waals surface area (Å²) in [5.74, 6) is -1.40. The smallest absolute Gasteiger partial charge is 0.339 e. The highest BCUT2D eigenvalue weighted by molar-refractivity contribution is 6.04. The summed E-state index contributed by atoms with van der Waals surface area (Å²) in [5, 5.41) is 0. The van der Waals surface area contributed by atoms with Gasteiger partial charge in [-0.1, -0.05) is 12.2 Å². The molecular weight excluding hydrogens is 310 g/mol. The van der Waals surface area contributed by atoms with E-state index in [4.69, 9.17) is 9.47 Å². The van der Waals surface area contributed by atoms with Crippen LogP contribution < -0.4 is 0 Å². The Morgan fingerprint density at radius 3 is 2.54 bits per heavy atom. The molecule has 6 nitrogen and oxygen atoms in total. The molecule has 0 bridgehead atoms. The van der Waals surface area contributed by atoms with E-state index in [9.17, 15) is 14.4 Å². The van der Waals surface area contributed by atoms with Gasteiger partial charge in [0, 0.05) is 5.69 Å². The number of allylic oxidation sites excluding steroid dienone is 2. The number of aromatic nitrogens is 1. The first-order chi connectivity index (χ1) is 11.4. The lowest BCUT2D eigenvalue weighted by atomic mass is 9.94. The number of methoxy groups -OCH3 is 1. The summed E-state index contributed by atoms with van der Waals surface area (Å²) in [6.07, 6.45) is 5.32. The molecule has 2 atom stereocenters. The third-order valence-corrected chi connectivity index (χ3v) is 4.34. The number of esters is 2. The molecule has 0 aromatic carbocycles. The summed E-state index contributed by atoms with van der Waals surface area (Å²) < 4.78 is 10.1. The normalized spacial score (nSPS) is 18.1. The van der Waals surface area contributed by atoms with Gasteiger partial charge in [-0.25, -0.2) is 4.79 Å². The van der Waals surface area contributed by atoms with E-state index in [2.05, 4.69) is 4.98 Å². The Kier molecular flexibility index (Phi) is 5.59. The fourth-order valence-corrected chi connectivity index (χ4v) is 2.94. The van der Waals surface area contributed by atoms with Crippen molar-refractivity contribution in [2.45, 2.75) is 46.1 Å². The van der Waals surface area contributed by atoms with Crippen molar-refractivity contribution in [1.82, 2.24) is 4.98 Å². The van der Waals surface area contributed by atoms with E-state index in [1.54, 1.807) is 20.8 Å². The first kappa shape index (κ1) is 18.0. The van der Waals surface area contributed by atoms with Gasteiger partial charge in [0.1, 0.15) is 0 Å². The molecule has 1 aliphatic carbocycles. The van der Waals surface area contributed by atoms with Crippen molar-refractivity contribution in [1.29, 1.82) is 0 Å². The zero-order valence-electron chi connectivity index (χ0n) is 14.5. The van der Waals surface area contributed by atoms with E-state index in [1.165, 1.54) is 7.11 Å². The van der Waals surface area contributed by atoms with E-state index in [0.717, 1.165) is 12.8 Å². The predicted molar refractivity (Wildman–Crippen MR) is 88.0 cm³/mol. The second-order valence-electron chi connectivity index (χ2n) is 6.04. The van der Waals surface area contributed by atoms with Crippen LogP contribution in [0.4, 0.5) is 0 Å². The summed E-state index contributed by atoms with van der Waals surface area (Å²) in [5.41, 5.74) is 1.68. The van der Waals surface area contributed by atoms with E-state index in [0.29, 0.717) is 23.2 Å². The number of hydrogen-bond acceptors (Lipinski definition) is 5. The fraction of sp³-hybridized carbons (Fsp3) is 0.500. The average Bonchev–Trinajstić information content (AvgIpc) is 2.88. The van der Waals surface area contributed by atoms with Gasteiger partial charge in [0.25, 0.3) is 0 Å². The average molecular weight is 333 g/mol. The van der Waals surface area contributed by atoms with Crippen molar-refractivity contribution < 1.29 is 23.9 Å². The summed E-state index contributed by atoms with van der Waals surface area (Å²) in [7, 11) is 1.29. The zero-order chi connectivity index (χ0) is 17.9. The number of aromatic amines is 1. The Bertz CT molecular complexity index is 686. The number of ether oxygens (including phenoxy) is 2. The second kappa shape index (κ2) is 7.47. The van der Waals surface area contributed by atoms with Crippen LogP contribution in [0.15, 0.2) is 12.2 Å². The van der Waals surface area contributed by atoms with Crippen LogP contribution in [-0.4, -0.2) is 35.9 Å². The van der Waals surface area contributed by atoms with Crippen LogP contribution in [0.3, 0.4) is 0 Å². The standard InChI is InChI=1S/C18H23NO5/c1-10-14(18(22)23-4)11(2)19-15(10)16(20)12(3)24-17(21)13-8-6-5-7-9-13/h5-6,12-13,19H,7-9H2,1-4H3/t12-,13-/m0/s1. The molecule has 1 heterocycles. The summed E-state index contributed by atoms with van der Waals surface area (Å²) >= 11 is 0. The Labute approximate surface area is 141 Å². The van der Waals surface area contributed by atoms with Crippen molar-refractivity contribution in [3.8, 4) is 0 Å². The van der Waals surface area contributed by atoms with Gasteiger partial charge in [0.05, 0.1) is 24.3 Å². The quantitative estimate of drug-likeness (QED) is 0.509. The van der Waals surface area contributed by atoms with Crippen LogP contribution in [0.2, 0.25) is 0 Å². The molecule has 2 rings (SSSR count). The lowest BCUT2D eigenvalue weighted by molar-refractivity contribution is -0.151. The Morgan fingerprint density at radius 1 is 1.25 bits per heavy atom. The van der Waals surface area contributed by atoms with Crippen molar-refractivity contribution in [2.75, 3.05) is 7.11 Å². The van der Waals surface area contributed by atoms with Gasteiger partial charge >= 0.3 is 11.9 Å². The third-order valence-electron chi connectivity index (χ3n) is 4.34. The van der Waals surface area contributed by atoms with Crippen LogP contribution in [0.25, 0.3) is 0 Å². The minimum atomic E-state index is -0.911. The number of carbonyl (C=O) groups excluding carboxylic acids is 3. The number of Topliss-reactive ketones (excluding diaryl/α,β-unsaturated/α-hetero) is 1. The van der Waals surface area contributed by atoms with Gasteiger partial charge in [-0.2, -0.15) is 0 Å². The lowest BCUT2D eigenvalue weighted by Gasteiger charge is -2.19. The fourth-order valence-electron chi connectivity index (χ4n) is 2.94. The maximum absolute atomic E-state index is 12.6. The lowest BCUT2D eigenvalue weighted by Crippen LogP contribution is -2.29. The molecule has 1 N–H and O–H groups in total. The van der Waals surface area contributed by atoms with Gasteiger partial charge < -0.3 is 14.5 Å². The molecule has 130 valence electrons. The van der Waals surface area contributed by atoms with E-state index in [1.807, 2.05) is 12.2 Å². The van der Waals surface area contributed by atoms with Crippen LogP contribution in [-0.2, 0) is 14.3 Å². The van der Waals surface area contributed by atoms with Gasteiger partial charge in [-0.3, -0.25) is 9.59 Å². The number of hydrogen-bond donors (Lipinski definition) is 1. The predicted octanol–water partition coefficient (Wildman–Crippen LogP) is 2.89. The maximum atomic E-state index is 12.6. The SMILES string of the molecule is COC(=O)c1c(C)[nH]c(C(=O)[C@H](C)OC(=O)[C@H]2CC=CCC2)c1C. The molecule has 0 amide bonds. The monoisotopic (exact) mass is 333 g/mol. The van der Waals surface area contributed by atoms with Crippen molar-refractivity contribution >= 4 is 17.7 Å². The Hall–Kier alpha value is -2.37. The molecule has 0 saturated carbocycles. The van der Waals surface area contributed by atoms with Crippen molar-refractivity contribution in [2.24, 2.45) is 5.92 Å². The first-order valence-electron chi connectivity index (χ1n) is 8.04. The number of ketones is 1. The molecule has 6 heteroatoms. The molecular formula is C18H23NO5. The van der Waals surface area contributed by atoms with Gasteiger partial charge in [-0.15, -0.1) is 0 Å². The first-order valence-corrected chi connectivity index (χ1v) is 8.04. The highest BCUT2D eigenvalue weighted by Crippen LogP contribution is 2.23. The highest BCUT2D eigenvalue weighted by atomic mass is 16.5. The zero-order valence-corrected chi connectivity index (χ0v) is 14.5. The number of aryl methyl sites for hydroxylation is 1. The molecule has 1 aromatic rings. The molecule has 0 unspecified atom stereocenters. The Balaban J connectivity index is 2.12. The molecule has 0 saturated heterocycles. The van der Waals surface area contributed by atoms with Crippen LogP contribution >= 0.6 is 0 Å². The van der Waals surface area contributed by atoms with Crippen molar-refractivity contribution in [3.05, 3.63) is 34.7 Å². The van der Waals surface area contributed by atoms with E-state index >= 15 is 0 Å². The maximum Gasteiger partial charge on any atom is 0.339 e. The van der Waals surface area contributed by atoms with E-state index < -0.39 is 12.1 Å². The van der Waals surface area contributed by atoms with Gasteiger partial charge in [0.15, 0.2) is 6.10 Å². The van der Waals surface area contributed by atoms with Gasteiger partial charge in [0.2, 0.25) is 5.78 Å². The third kappa shape index (κ3) is 3.58. The van der Waals surface area contributed by atoms with Gasteiger partial charge in [-0.05, 0) is 45.6 Å². The molecule has 24 heavy (non-hydrogen) atoms. The topological polar surface area (TPSA) is 85.5 Å². The largest absolute Gasteiger partial charge is 0.465 e. The van der Waals surface area contributed by atoms with Crippen LogP contribution in [0, 0.1) is 19.8 Å². The number of rotatable bonds is 5. The number of H-pyrrole nitrogens is 1. The summed E-state index contributed by atoms with van der Waals surface area (Å²) in [6, 6.07) is 0. The number of nitrogens with one attached hydrogen (secondary N) is 1. The minimum Gasteiger partial charge on any atom is -0.465 e. The number of carbonyl (C=O) groups is 3. The second-order valence-corrected chi connectivity index (χ2v) is 6.04. The molecule has 1 aliphatic rings. The van der Waals surface area contributed by atoms with E-state index in [-0.39, 0.29) is 23.4 Å². The van der Waals surface area contributed by atoms with Crippen LogP contribution in [0.1, 0.15) is 58.3 Å². The van der Waals surface area contributed by atoms with Crippen molar-refractivity contribution in [3.63, 3.8) is 0 Å². The minimum absolute atomic E-state index is 0.192. The van der Waals surface area contributed by atoms with Crippen LogP contribution in [0.5, 0.6) is 0 Å².